The van der Waals surface area contributed by atoms with Crippen LogP contribution in [-0.2, 0) is 0 Å². The van der Waals surface area contributed by atoms with Gasteiger partial charge in [0.15, 0.2) is 5.72 Å². The largest absolute Gasteiger partial charge is 0.466 e. The molecule has 0 radical (unpaired) electrons. The van der Waals surface area contributed by atoms with Crippen LogP contribution in [-0.4, -0.2) is 40.5 Å². The van der Waals surface area contributed by atoms with Crippen molar-refractivity contribution in [2.45, 2.75) is 18.6 Å². The molecule has 2 aromatic carbocycles. The zero-order valence-electron chi connectivity index (χ0n) is 15.2. The van der Waals surface area contributed by atoms with Gasteiger partial charge in [0.05, 0.1) is 11.1 Å². The van der Waals surface area contributed by atoms with Gasteiger partial charge in [-0.15, -0.1) is 0 Å². The van der Waals surface area contributed by atoms with Gasteiger partial charge in [-0.25, -0.2) is 9.88 Å². The molecule has 2 amide bonds. The summed E-state index contributed by atoms with van der Waals surface area (Å²) in [5, 5.41) is 4.22. The van der Waals surface area contributed by atoms with Crippen LogP contribution in [0.3, 0.4) is 0 Å². The lowest BCUT2D eigenvalue weighted by molar-refractivity contribution is -0.0778. The number of carbonyl (C=O) groups excluding carboxylic acids is 2. The molecule has 1 aromatic heterocycles. The number of imide groups is 1. The number of hydrogen-bond donors (Lipinski definition) is 1. The number of carbonyl (C=O) groups is 2. The molecular weight excluding hydrogens is 354 g/mol. The summed E-state index contributed by atoms with van der Waals surface area (Å²) in [5.41, 5.74) is 0.383. The lowest BCUT2D eigenvalue weighted by atomic mass is 9.95. The summed E-state index contributed by atoms with van der Waals surface area (Å²) in [5.74, 6) is -0.221. The van der Waals surface area contributed by atoms with Gasteiger partial charge < -0.3 is 10.1 Å². The number of hydrogen-bond acceptors (Lipinski definition) is 5. The summed E-state index contributed by atoms with van der Waals surface area (Å²) in [6.07, 6.45) is 1.07. The van der Waals surface area contributed by atoms with Crippen molar-refractivity contribution in [3.05, 3.63) is 71.9 Å². The quantitative estimate of drug-likeness (QED) is 0.664. The highest BCUT2D eigenvalue weighted by Gasteiger charge is 2.51. The summed E-state index contributed by atoms with van der Waals surface area (Å²) < 4.78 is 6.29. The number of rotatable bonds is 1. The number of ether oxygens (including phenoxy) is 1. The molecule has 3 aromatic rings. The number of fused-ring (bicyclic) bond motifs is 2. The Labute approximate surface area is 162 Å². The molecule has 1 spiro atoms. The first-order valence-corrected chi connectivity index (χ1v) is 9.41. The monoisotopic (exact) mass is 373 g/mol. The predicted octanol–water partition coefficient (Wildman–Crippen LogP) is 2.99. The van der Waals surface area contributed by atoms with Gasteiger partial charge in [0.25, 0.3) is 11.8 Å². The lowest BCUT2D eigenvalue weighted by Crippen LogP contribution is -2.64. The molecule has 140 valence electrons. The molecule has 0 bridgehead atoms. The van der Waals surface area contributed by atoms with Crippen LogP contribution in [0.15, 0.2) is 60.7 Å². The van der Waals surface area contributed by atoms with Gasteiger partial charge >= 0.3 is 0 Å². The number of para-hydroxylation sites is 2. The van der Waals surface area contributed by atoms with Crippen LogP contribution >= 0.6 is 0 Å². The minimum absolute atomic E-state index is 0.243. The Hall–Kier alpha value is -3.25. The fourth-order valence-electron chi connectivity index (χ4n) is 4.01. The van der Waals surface area contributed by atoms with Crippen LogP contribution in [0.2, 0.25) is 0 Å². The van der Waals surface area contributed by atoms with Crippen molar-refractivity contribution in [3.63, 3.8) is 0 Å². The Morgan fingerprint density at radius 1 is 1.00 bits per heavy atom. The number of nitrogens with zero attached hydrogens (tertiary/aromatic N) is 2. The van der Waals surface area contributed by atoms with Gasteiger partial charge in [0.1, 0.15) is 11.4 Å². The zero-order valence-corrected chi connectivity index (χ0v) is 15.2. The van der Waals surface area contributed by atoms with E-state index in [0.29, 0.717) is 37.2 Å². The maximum atomic E-state index is 13.5. The van der Waals surface area contributed by atoms with E-state index in [1.54, 1.807) is 24.3 Å². The molecule has 1 saturated heterocycles. The van der Waals surface area contributed by atoms with Crippen molar-refractivity contribution in [1.82, 2.24) is 15.2 Å². The van der Waals surface area contributed by atoms with Crippen LogP contribution in [0, 0.1) is 0 Å². The van der Waals surface area contributed by atoms with E-state index in [0.717, 1.165) is 10.9 Å². The Bertz CT molecular complexity index is 1090. The van der Waals surface area contributed by atoms with Crippen LogP contribution in [0.4, 0.5) is 0 Å². The Kier molecular flexibility index (Phi) is 3.87. The Morgan fingerprint density at radius 3 is 2.61 bits per heavy atom. The molecular formula is C22H19N3O3. The first-order valence-electron chi connectivity index (χ1n) is 9.41. The van der Waals surface area contributed by atoms with Crippen LogP contribution in [0.5, 0.6) is 5.75 Å². The second-order valence-electron chi connectivity index (χ2n) is 7.13. The number of nitrogens with one attached hydrogen (secondary N) is 1. The molecule has 1 N–H and O–H groups in total. The van der Waals surface area contributed by atoms with Crippen molar-refractivity contribution in [3.8, 4) is 5.75 Å². The smallest absolute Gasteiger partial charge is 0.282 e. The van der Waals surface area contributed by atoms with E-state index in [1.807, 2.05) is 36.4 Å². The zero-order chi connectivity index (χ0) is 19.1. The Balaban J connectivity index is 1.62. The minimum Gasteiger partial charge on any atom is -0.466 e. The van der Waals surface area contributed by atoms with Crippen molar-refractivity contribution >= 4 is 22.7 Å². The molecule has 6 heteroatoms. The molecule has 3 heterocycles. The number of benzene rings is 2. The third-order valence-electron chi connectivity index (χ3n) is 5.43. The van der Waals surface area contributed by atoms with Gasteiger partial charge in [-0.1, -0.05) is 36.4 Å². The molecule has 0 atom stereocenters. The first kappa shape index (κ1) is 16.9. The Morgan fingerprint density at radius 2 is 1.75 bits per heavy atom. The summed E-state index contributed by atoms with van der Waals surface area (Å²) >= 11 is 0. The average molecular weight is 373 g/mol. The van der Waals surface area contributed by atoms with E-state index in [-0.39, 0.29) is 11.6 Å². The van der Waals surface area contributed by atoms with Crippen molar-refractivity contribution < 1.29 is 14.3 Å². The fourth-order valence-corrected chi connectivity index (χ4v) is 4.01. The second-order valence-corrected chi connectivity index (χ2v) is 7.13. The average Bonchev–Trinajstić information content (AvgIpc) is 2.74. The fraction of sp³-hybridized carbons (Fsp3) is 0.227. The maximum Gasteiger partial charge on any atom is 0.282 e. The summed E-state index contributed by atoms with van der Waals surface area (Å²) in [6, 6.07) is 18.2. The summed E-state index contributed by atoms with van der Waals surface area (Å²) in [6.45, 7) is 1.34. The highest BCUT2D eigenvalue weighted by Crippen LogP contribution is 2.39. The van der Waals surface area contributed by atoms with E-state index in [2.05, 4.69) is 10.3 Å². The molecule has 0 saturated carbocycles. The van der Waals surface area contributed by atoms with Crippen molar-refractivity contribution in [1.29, 1.82) is 0 Å². The minimum atomic E-state index is -0.985. The van der Waals surface area contributed by atoms with Crippen molar-refractivity contribution in [2.24, 2.45) is 0 Å². The second kappa shape index (κ2) is 6.42. The van der Waals surface area contributed by atoms with Gasteiger partial charge in [0.2, 0.25) is 0 Å². The van der Waals surface area contributed by atoms with Gasteiger partial charge in [-0.3, -0.25) is 9.59 Å². The maximum absolute atomic E-state index is 13.5. The number of pyridine rings is 1. The predicted molar refractivity (Wildman–Crippen MR) is 104 cm³/mol. The molecule has 2 aliphatic heterocycles. The first-order chi connectivity index (χ1) is 13.7. The highest BCUT2D eigenvalue weighted by atomic mass is 16.5. The molecule has 6 nitrogen and oxygen atoms in total. The van der Waals surface area contributed by atoms with Crippen LogP contribution in [0.25, 0.3) is 10.9 Å². The SMILES string of the molecule is O=C(c1ccc2ccccc2n1)N1C(=O)c2ccccc2OC12CCNCC2. The highest BCUT2D eigenvalue weighted by molar-refractivity contribution is 6.12. The van der Waals surface area contributed by atoms with Crippen LogP contribution < -0.4 is 10.1 Å². The summed E-state index contributed by atoms with van der Waals surface area (Å²) in [7, 11) is 0. The van der Waals surface area contributed by atoms with E-state index in [1.165, 1.54) is 4.90 Å². The molecule has 0 unspecified atom stereocenters. The molecule has 1 fully saturated rings. The lowest BCUT2D eigenvalue weighted by Gasteiger charge is -2.47. The molecule has 0 aliphatic carbocycles. The molecule has 2 aliphatic rings. The topological polar surface area (TPSA) is 71.5 Å². The number of amides is 2. The van der Waals surface area contributed by atoms with E-state index < -0.39 is 11.6 Å². The van der Waals surface area contributed by atoms with E-state index in [9.17, 15) is 9.59 Å². The van der Waals surface area contributed by atoms with Gasteiger partial charge in [0, 0.05) is 31.3 Å². The van der Waals surface area contributed by atoms with Crippen molar-refractivity contribution in [2.75, 3.05) is 13.1 Å². The standard InChI is InChI=1S/C22H19N3O3/c26-20-16-6-2-4-8-19(16)28-22(11-13-23-14-12-22)25(20)21(27)18-10-9-15-5-1-3-7-17(15)24-18/h1-10,23H,11-14H2. The normalized spacial score (nSPS) is 18.0. The van der Waals surface area contributed by atoms with Crippen LogP contribution in [0.1, 0.15) is 33.7 Å². The molecule has 5 rings (SSSR count). The third kappa shape index (κ3) is 2.57. The third-order valence-corrected chi connectivity index (χ3v) is 5.43. The number of aromatic nitrogens is 1. The summed E-state index contributed by atoms with van der Waals surface area (Å²) in [4.78, 5) is 32.6. The molecule has 28 heavy (non-hydrogen) atoms. The van der Waals surface area contributed by atoms with E-state index >= 15 is 0 Å². The van der Waals surface area contributed by atoms with Gasteiger partial charge in [-0.05, 0) is 24.3 Å². The van der Waals surface area contributed by atoms with Gasteiger partial charge in [-0.2, -0.15) is 0 Å². The van der Waals surface area contributed by atoms with E-state index in [4.69, 9.17) is 4.74 Å². The number of piperidine rings is 1.